The van der Waals surface area contributed by atoms with E-state index in [2.05, 4.69) is 10.6 Å². The van der Waals surface area contributed by atoms with E-state index in [0.29, 0.717) is 12.2 Å². The van der Waals surface area contributed by atoms with E-state index < -0.39 is 72.0 Å². The van der Waals surface area contributed by atoms with Gasteiger partial charge in [0.25, 0.3) is 0 Å². The van der Waals surface area contributed by atoms with E-state index in [1.165, 1.54) is 0 Å². The lowest BCUT2D eigenvalue weighted by Crippen LogP contribution is -2.57. The van der Waals surface area contributed by atoms with Gasteiger partial charge < -0.3 is 36.6 Å². The second kappa shape index (κ2) is 15.1. The number of thioether (sulfide) groups is 1. The molecule has 3 amide bonds. The average Bonchev–Trinajstić information content (AvgIpc) is 3.38. The van der Waals surface area contributed by atoms with Crippen molar-refractivity contribution in [1.29, 1.82) is 0 Å². The number of carbonyl (C=O) groups is 6. The van der Waals surface area contributed by atoms with Crippen LogP contribution in [0.15, 0.2) is 30.3 Å². The van der Waals surface area contributed by atoms with Crippen LogP contribution < -0.4 is 16.4 Å². The van der Waals surface area contributed by atoms with E-state index >= 15 is 0 Å². The summed E-state index contributed by atoms with van der Waals surface area (Å²) in [5, 5.41) is 31.9. The zero-order valence-corrected chi connectivity index (χ0v) is 21.4. The molecule has 1 saturated heterocycles. The number of likely N-dealkylation sites (tertiary alicyclic amines) is 1. The number of aliphatic hydroxyl groups is 1. The molecule has 208 valence electrons. The SMILES string of the molecule is N[C@@H](CC(=O)O)C(=O)N[C@@H](CO)C(=O)N1CCC[C@H]1C(=O)N[C@H](CCC(=O)O)C(=O)SCc1ccccc1. The minimum Gasteiger partial charge on any atom is -0.481 e. The minimum absolute atomic E-state index is 0.140. The number of carboxylic acids is 2. The largest absolute Gasteiger partial charge is 0.481 e. The molecule has 13 nitrogen and oxygen atoms in total. The highest BCUT2D eigenvalue weighted by molar-refractivity contribution is 8.13. The van der Waals surface area contributed by atoms with Gasteiger partial charge in [0.1, 0.15) is 12.1 Å². The second-order valence-electron chi connectivity index (χ2n) is 8.72. The summed E-state index contributed by atoms with van der Waals surface area (Å²) in [6.45, 7) is -0.675. The third kappa shape index (κ3) is 9.43. The molecular formula is C24H32N4O9S. The number of hydrogen-bond donors (Lipinski definition) is 6. The lowest BCUT2D eigenvalue weighted by molar-refractivity contribution is -0.143. The molecule has 0 unspecified atom stereocenters. The van der Waals surface area contributed by atoms with Gasteiger partial charge in [-0.25, -0.2) is 0 Å². The molecule has 0 saturated carbocycles. The summed E-state index contributed by atoms with van der Waals surface area (Å²) >= 11 is 0.942. The van der Waals surface area contributed by atoms with Crippen LogP contribution in [0.3, 0.4) is 0 Å². The molecule has 38 heavy (non-hydrogen) atoms. The number of nitrogens with zero attached hydrogens (tertiary/aromatic N) is 1. The Balaban J connectivity index is 2.06. The fourth-order valence-electron chi connectivity index (χ4n) is 3.86. The molecule has 1 heterocycles. The third-order valence-corrected chi connectivity index (χ3v) is 6.89. The van der Waals surface area contributed by atoms with E-state index in [4.69, 9.17) is 15.9 Å². The van der Waals surface area contributed by atoms with Crippen molar-refractivity contribution >= 4 is 46.5 Å². The summed E-state index contributed by atoms with van der Waals surface area (Å²) in [4.78, 5) is 74.2. The maximum atomic E-state index is 13.1. The van der Waals surface area contributed by atoms with Gasteiger partial charge in [0.05, 0.1) is 25.1 Å². The zero-order valence-electron chi connectivity index (χ0n) is 20.6. The topological polar surface area (TPSA) is 216 Å². The first-order valence-electron chi connectivity index (χ1n) is 11.9. The predicted octanol–water partition coefficient (Wildman–Crippen LogP) is -0.934. The van der Waals surface area contributed by atoms with Gasteiger partial charge in [-0.05, 0) is 24.8 Å². The van der Waals surface area contributed by atoms with Crippen molar-refractivity contribution in [3.05, 3.63) is 35.9 Å². The molecule has 14 heteroatoms. The van der Waals surface area contributed by atoms with Crippen LogP contribution >= 0.6 is 11.8 Å². The van der Waals surface area contributed by atoms with E-state index in [0.717, 1.165) is 22.2 Å². The van der Waals surface area contributed by atoms with Crippen LogP contribution in [-0.2, 0) is 34.5 Å². The highest BCUT2D eigenvalue weighted by atomic mass is 32.2. The first kappa shape index (κ1) is 30.7. The number of benzene rings is 1. The number of amides is 3. The van der Waals surface area contributed by atoms with Crippen LogP contribution in [-0.4, -0.2) is 92.3 Å². The van der Waals surface area contributed by atoms with E-state index in [1.54, 1.807) is 0 Å². The van der Waals surface area contributed by atoms with E-state index in [1.807, 2.05) is 30.3 Å². The number of hydrogen-bond acceptors (Lipinski definition) is 9. The van der Waals surface area contributed by atoms with Crippen molar-refractivity contribution in [1.82, 2.24) is 15.5 Å². The minimum atomic E-state index is -1.46. The Morgan fingerprint density at radius 2 is 1.71 bits per heavy atom. The molecule has 4 atom stereocenters. The Hall–Kier alpha value is -3.49. The lowest BCUT2D eigenvalue weighted by Gasteiger charge is -2.29. The van der Waals surface area contributed by atoms with Crippen LogP contribution in [0.5, 0.6) is 0 Å². The van der Waals surface area contributed by atoms with Gasteiger partial charge in [-0.1, -0.05) is 42.1 Å². The number of carboxylic acid groups (broad SMARTS) is 2. The summed E-state index contributed by atoms with van der Waals surface area (Å²) in [6, 6.07) is 4.11. The van der Waals surface area contributed by atoms with E-state index in [-0.39, 0.29) is 25.8 Å². The maximum absolute atomic E-state index is 13.1. The summed E-state index contributed by atoms with van der Waals surface area (Å²) in [6.07, 6.45) is -0.491. The molecule has 1 fully saturated rings. The molecular weight excluding hydrogens is 520 g/mol. The zero-order chi connectivity index (χ0) is 28.2. The molecule has 1 aliphatic heterocycles. The summed E-state index contributed by atoms with van der Waals surface area (Å²) in [5.41, 5.74) is 6.38. The Morgan fingerprint density at radius 3 is 2.32 bits per heavy atom. The molecule has 1 aliphatic rings. The normalized spacial score (nSPS) is 17.2. The van der Waals surface area contributed by atoms with Crippen LogP contribution in [0, 0.1) is 0 Å². The molecule has 1 aromatic rings. The molecule has 2 rings (SSSR count). The van der Waals surface area contributed by atoms with Gasteiger partial charge in [0.15, 0.2) is 0 Å². The number of aliphatic carboxylic acids is 2. The first-order valence-corrected chi connectivity index (χ1v) is 12.9. The van der Waals surface area contributed by atoms with Crippen LogP contribution in [0.25, 0.3) is 0 Å². The molecule has 0 radical (unpaired) electrons. The highest BCUT2D eigenvalue weighted by Crippen LogP contribution is 2.21. The number of aliphatic hydroxyl groups excluding tert-OH is 1. The molecule has 7 N–H and O–H groups in total. The van der Waals surface area contributed by atoms with Gasteiger partial charge >= 0.3 is 11.9 Å². The fourth-order valence-corrected chi connectivity index (χ4v) is 4.74. The van der Waals surface area contributed by atoms with Gasteiger partial charge in [-0.3, -0.25) is 28.8 Å². The van der Waals surface area contributed by atoms with Crippen molar-refractivity contribution in [2.75, 3.05) is 13.2 Å². The van der Waals surface area contributed by atoms with Crippen molar-refractivity contribution in [2.24, 2.45) is 5.73 Å². The Kier molecular flexibility index (Phi) is 12.2. The molecule has 1 aromatic carbocycles. The lowest BCUT2D eigenvalue weighted by atomic mass is 10.1. The quantitative estimate of drug-likeness (QED) is 0.166. The fraction of sp³-hybridized carbons (Fsp3) is 0.500. The summed E-state index contributed by atoms with van der Waals surface area (Å²) in [7, 11) is 0. The Morgan fingerprint density at radius 1 is 1.03 bits per heavy atom. The molecule has 0 aliphatic carbocycles. The van der Waals surface area contributed by atoms with Crippen LogP contribution in [0.2, 0.25) is 0 Å². The van der Waals surface area contributed by atoms with E-state index in [9.17, 15) is 33.9 Å². The second-order valence-corrected chi connectivity index (χ2v) is 9.70. The van der Waals surface area contributed by atoms with Crippen molar-refractivity contribution in [2.45, 2.75) is 62.0 Å². The third-order valence-electron chi connectivity index (χ3n) is 5.84. The van der Waals surface area contributed by atoms with Gasteiger partial charge in [0, 0.05) is 18.7 Å². The number of rotatable bonds is 14. The van der Waals surface area contributed by atoms with Gasteiger partial charge in [-0.15, -0.1) is 0 Å². The van der Waals surface area contributed by atoms with Crippen LogP contribution in [0.1, 0.15) is 37.7 Å². The smallest absolute Gasteiger partial charge is 0.305 e. The number of nitrogens with two attached hydrogens (primary N) is 1. The summed E-state index contributed by atoms with van der Waals surface area (Å²) in [5.74, 6) is -4.50. The monoisotopic (exact) mass is 552 g/mol. The van der Waals surface area contributed by atoms with Gasteiger partial charge in [0.2, 0.25) is 22.8 Å². The van der Waals surface area contributed by atoms with Crippen molar-refractivity contribution in [3.63, 3.8) is 0 Å². The number of carbonyl (C=O) groups excluding carboxylic acids is 4. The number of nitrogens with one attached hydrogen (secondary N) is 2. The predicted molar refractivity (Wildman–Crippen MR) is 136 cm³/mol. The highest BCUT2D eigenvalue weighted by Gasteiger charge is 2.39. The Labute approximate surface area is 223 Å². The standard InChI is InChI=1S/C24H32N4O9S/c25-15(11-20(32)33)21(34)27-17(12-29)23(36)28-10-4-7-18(28)22(35)26-16(8-9-19(30)31)24(37)38-13-14-5-2-1-3-6-14/h1-3,5-6,15-18,29H,4,7-13,25H2,(H,26,35)(H,27,34)(H,30,31)(H,32,33)/t15-,16+,17-,18-/m0/s1. The van der Waals surface area contributed by atoms with Gasteiger partial charge in [-0.2, -0.15) is 0 Å². The molecule has 0 bridgehead atoms. The van der Waals surface area contributed by atoms with Crippen molar-refractivity contribution < 1.29 is 44.1 Å². The molecule has 0 spiro atoms. The first-order chi connectivity index (χ1) is 18.0. The average molecular weight is 553 g/mol. The van der Waals surface area contributed by atoms with Crippen molar-refractivity contribution in [3.8, 4) is 0 Å². The summed E-state index contributed by atoms with van der Waals surface area (Å²) < 4.78 is 0. The Bertz CT molecular complexity index is 1020. The molecule has 0 aromatic heterocycles. The van der Waals surface area contributed by atoms with Crippen LogP contribution in [0.4, 0.5) is 0 Å². The maximum Gasteiger partial charge on any atom is 0.305 e.